The number of oxazole rings is 1. The average molecular weight is 427 g/mol. The first kappa shape index (κ1) is 20.7. The lowest BCUT2D eigenvalue weighted by Gasteiger charge is -2.31. The zero-order valence-corrected chi connectivity index (χ0v) is 18.2. The van der Waals surface area contributed by atoms with Crippen LogP contribution >= 0.6 is 11.6 Å². The Morgan fingerprint density at radius 2 is 2.20 bits per heavy atom. The van der Waals surface area contributed by atoms with E-state index >= 15 is 0 Å². The molecule has 4 rings (SSSR count). The van der Waals surface area contributed by atoms with Crippen LogP contribution in [-0.4, -0.2) is 38.7 Å². The first-order valence-electron chi connectivity index (χ1n) is 10.5. The van der Waals surface area contributed by atoms with Crippen molar-refractivity contribution in [3.8, 4) is 0 Å². The number of rotatable bonds is 6. The highest BCUT2D eigenvalue weighted by Crippen LogP contribution is 2.28. The molecule has 30 heavy (non-hydrogen) atoms. The molecule has 1 fully saturated rings. The lowest BCUT2D eigenvalue weighted by atomic mass is 9.97. The molecule has 0 N–H and O–H groups in total. The van der Waals surface area contributed by atoms with Gasteiger partial charge in [0.05, 0.1) is 17.8 Å². The summed E-state index contributed by atoms with van der Waals surface area (Å²) in [5, 5.41) is 5.19. The van der Waals surface area contributed by atoms with Crippen molar-refractivity contribution in [2.24, 2.45) is 7.05 Å². The molecule has 158 valence electrons. The van der Waals surface area contributed by atoms with Crippen molar-refractivity contribution >= 4 is 17.5 Å². The lowest BCUT2D eigenvalue weighted by molar-refractivity contribution is 0.0686. The maximum absolute atomic E-state index is 13.1. The van der Waals surface area contributed by atoms with Crippen LogP contribution in [0.3, 0.4) is 0 Å². The highest BCUT2D eigenvalue weighted by Gasteiger charge is 2.29. The van der Waals surface area contributed by atoms with Gasteiger partial charge in [-0.3, -0.25) is 9.48 Å². The molecule has 3 aromatic rings. The highest BCUT2D eigenvalue weighted by molar-refractivity contribution is 6.30. The van der Waals surface area contributed by atoms with Gasteiger partial charge in [0, 0.05) is 31.6 Å². The molecule has 1 atom stereocenters. The van der Waals surface area contributed by atoms with E-state index in [1.54, 1.807) is 10.9 Å². The van der Waals surface area contributed by atoms with Crippen LogP contribution in [-0.2, 0) is 19.9 Å². The van der Waals surface area contributed by atoms with Crippen molar-refractivity contribution in [1.29, 1.82) is 0 Å². The minimum Gasteiger partial charge on any atom is -0.445 e. The van der Waals surface area contributed by atoms with E-state index < -0.39 is 0 Å². The van der Waals surface area contributed by atoms with Crippen LogP contribution in [0, 0.1) is 0 Å². The van der Waals surface area contributed by atoms with E-state index in [0.29, 0.717) is 29.6 Å². The van der Waals surface area contributed by atoms with Gasteiger partial charge in [-0.1, -0.05) is 37.1 Å². The van der Waals surface area contributed by atoms with E-state index in [2.05, 4.69) is 17.0 Å². The molecule has 1 aliphatic rings. The first-order chi connectivity index (χ1) is 14.5. The van der Waals surface area contributed by atoms with Crippen molar-refractivity contribution in [2.75, 3.05) is 13.1 Å². The zero-order chi connectivity index (χ0) is 21.1. The molecule has 7 heteroatoms. The number of hydrogen-bond acceptors (Lipinski definition) is 4. The number of hydrogen-bond donors (Lipinski definition) is 0. The second-order valence-electron chi connectivity index (χ2n) is 7.96. The van der Waals surface area contributed by atoms with Gasteiger partial charge in [-0.15, -0.1) is 0 Å². The Bertz CT molecular complexity index is 1030. The predicted octanol–water partition coefficient (Wildman–Crippen LogP) is 4.62. The van der Waals surface area contributed by atoms with E-state index in [-0.39, 0.29) is 11.8 Å². The number of piperidine rings is 1. The lowest BCUT2D eigenvalue weighted by Crippen LogP contribution is -2.40. The smallest absolute Gasteiger partial charge is 0.272 e. The molecule has 1 aromatic carbocycles. The molecule has 0 radical (unpaired) electrons. The summed E-state index contributed by atoms with van der Waals surface area (Å²) < 4.78 is 7.75. The van der Waals surface area contributed by atoms with Crippen LogP contribution in [0.1, 0.15) is 65.5 Å². The third-order valence-corrected chi connectivity index (χ3v) is 5.79. The fraction of sp³-hybridized carbons (Fsp3) is 0.435. The number of amides is 1. The van der Waals surface area contributed by atoms with Crippen molar-refractivity contribution in [2.45, 2.75) is 44.9 Å². The Hall–Kier alpha value is -2.60. The van der Waals surface area contributed by atoms with E-state index in [0.717, 1.165) is 49.2 Å². The van der Waals surface area contributed by atoms with Gasteiger partial charge in [0.15, 0.2) is 5.89 Å². The Morgan fingerprint density at radius 1 is 1.33 bits per heavy atom. The number of benzene rings is 1. The highest BCUT2D eigenvalue weighted by atomic mass is 35.5. The Morgan fingerprint density at radius 3 is 3.00 bits per heavy atom. The molecule has 0 bridgehead atoms. The van der Waals surface area contributed by atoms with Gasteiger partial charge in [0.2, 0.25) is 0 Å². The Kier molecular flexibility index (Phi) is 6.23. The van der Waals surface area contributed by atoms with Crippen molar-refractivity contribution < 1.29 is 9.21 Å². The molecule has 0 aliphatic carbocycles. The number of aromatic nitrogens is 3. The second-order valence-corrected chi connectivity index (χ2v) is 8.39. The zero-order valence-electron chi connectivity index (χ0n) is 17.5. The minimum absolute atomic E-state index is 0.0303. The Labute approximate surface area is 181 Å². The molecule has 1 aliphatic heterocycles. The quantitative estimate of drug-likeness (QED) is 0.576. The number of carbonyl (C=O) groups is 1. The summed E-state index contributed by atoms with van der Waals surface area (Å²) >= 11 is 6.07. The maximum Gasteiger partial charge on any atom is 0.272 e. The van der Waals surface area contributed by atoms with Gasteiger partial charge in [-0.05, 0) is 43.0 Å². The summed E-state index contributed by atoms with van der Waals surface area (Å²) in [6, 6.07) is 9.67. The summed E-state index contributed by atoms with van der Waals surface area (Å²) in [4.78, 5) is 19.5. The third kappa shape index (κ3) is 4.59. The van der Waals surface area contributed by atoms with Crippen LogP contribution in [0.2, 0.25) is 5.02 Å². The van der Waals surface area contributed by atoms with E-state index in [1.165, 1.54) is 0 Å². The van der Waals surface area contributed by atoms with Crippen LogP contribution in [0.4, 0.5) is 0 Å². The maximum atomic E-state index is 13.1. The summed E-state index contributed by atoms with van der Waals surface area (Å²) in [7, 11) is 1.84. The number of aryl methyl sites for hydroxylation is 2. The molecule has 6 nitrogen and oxygen atoms in total. The number of likely N-dealkylation sites (tertiary alicyclic amines) is 1. The average Bonchev–Trinajstić information content (AvgIpc) is 3.34. The normalized spacial score (nSPS) is 16.8. The predicted molar refractivity (Wildman–Crippen MR) is 116 cm³/mol. The minimum atomic E-state index is 0.0303. The largest absolute Gasteiger partial charge is 0.445 e. The summed E-state index contributed by atoms with van der Waals surface area (Å²) in [5.74, 6) is 1.66. The van der Waals surface area contributed by atoms with Crippen LogP contribution in [0.5, 0.6) is 0 Å². The molecular formula is C23H27ClN4O2. The molecule has 1 saturated heterocycles. The monoisotopic (exact) mass is 426 g/mol. The molecule has 1 amide bonds. The van der Waals surface area contributed by atoms with Gasteiger partial charge < -0.3 is 9.32 Å². The Balaban J connectivity index is 1.44. The topological polar surface area (TPSA) is 64.2 Å². The summed E-state index contributed by atoms with van der Waals surface area (Å²) in [6.07, 6.45) is 6.23. The molecule has 0 spiro atoms. The fourth-order valence-corrected chi connectivity index (χ4v) is 4.28. The van der Waals surface area contributed by atoms with E-state index in [4.69, 9.17) is 16.0 Å². The summed E-state index contributed by atoms with van der Waals surface area (Å²) in [5.41, 5.74) is 2.70. The van der Waals surface area contributed by atoms with Gasteiger partial charge in [-0.25, -0.2) is 4.98 Å². The first-order valence-corrected chi connectivity index (χ1v) is 10.9. The van der Waals surface area contributed by atoms with Crippen molar-refractivity contribution in [1.82, 2.24) is 19.7 Å². The van der Waals surface area contributed by atoms with Gasteiger partial charge in [0.25, 0.3) is 5.91 Å². The SMILES string of the molecule is CCCc1cc(C(=O)N2CCC[C@@H](c3ncc(Cc4cccc(Cl)c4)o3)C2)n(C)n1. The third-order valence-electron chi connectivity index (χ3n) is 5.55. The van der Waals surface area contributed by atoms with E-state index in [9.17, 15) is 4.79 Å². The van der Waals surface area contributed by atoms with Crippen LogP contribution in [0.25, 0.3) is 0 Å². The van der Waals surface area contributed by atoms with Gasteiger partial charge in [0.1, 0.15) is 11.5 Å². The van der Waals surface area contributed by atoms with Crippen LogP contribution < -0.4 is 0 Å². The van der Waals surface area contributed by atoms with Gasteiger partial charge in [-0.2, -0.15) is 5.10 Å². The number of carbonyl (C=O) groups excluding carboxylic acids is 1. The van der Waals surface area contributed by atoms with Crippen LogP contribution in [0.15, 0.2) is 40.9 Å². The number of halogens is 1. The molecule has 0 unspecified atom stereocenters. The molecule has 0 saturated carbocycles. The fourth-order valence-electron chi connectivity index (χ4n) is 4.07. The molecule has 2 aromatic heterocycles. The standard InChI is InChI=1S/C23H27ClN4O2/c1-3-6-19-13-21(27(2)26-19)23(29)28-10-5-8-17(15-28)22-25-14-20(30-22)12-16-7-4-9-18(24)11-16/h4,7,9,11,13-14,17H,3,5-6,8,10,12,15H2,1-2H3/t17-/m1/s1. The van der Waals surface area contributed by atoms with E-state index in [1.807, 2.05) is 42.3 Å². The van der Waals surface area contributed by atoms with Gasteiger partial charge >= 0.3 is 0 Å². The second kappa shape index (κ2) is 9.04. The summed E-state index contributed by atoms with van der Waals surface area (Å²) in [6.45, 7) is 3.48. The molecular weight excluding hydrogens is 400 g/mol. The molecule has 3 heterocycles. The van der Waals surface area contributed by atoms with Crippen molar-refractivity contribution in [3.05, 3.63) is 70.2 Å². The van der Waals surface area contributed by atoms with Crippen molar-refractivity contribution in [3.63, 3.8) is 0 Å². The number of nitrogens with zero attached hydrogens (tertiary/aromatic N) is 4.